The van der Waals surface area contributed by atoms with Gasteiger partial charge < -0.3 is 4.74 Å². The molecule has 0 atom stereocenters. The van der Waals surface area contributed by atoms with Crippen LogP contribution in [0.5, 0.6) is 5.75 Å². The van der Waals surface area contributed by atoms with Gasteiger partial charge >= 0.3 is 55.4 Å². The minimum Gasteiger partial charge on any atom is -0.420 e. The summed E-state index contributed by atoms with van der Waals surface area (Å²) in [7, 11) is 0. The van der Waals surface area contributed by atoms with E-state index in [1.807, 2.05) is 89.6 Å². The fourth-order valence-electron chi connectivity index (χ4n) is 9.73. The smallest absolute Gasteiger partial charge is 0.416 e. The zero-order valence-corrected chi connectivity index (χ0v) is 42.8. The number of halogens is 24. The fraction of sp³-hybridized carbons (Fsp3) is 0.155. The molecule has 1 aromatic heterocycles. The van der Waals surface area contributed by atoms with Gasteiger partial charge in [-0.1, -0.05) is 127 Å². The summed E-state index contributed by atoms with van der Waals surface area (Å²) in [5.41, 5.74) is -28.8. The zero-order valence-electron chi connectivity index (χ0n) is 42.8. The number of alkyl halides is 24. The number of carbonyl (C=O) groups is 1. The molecule has 29 heteroatoms. The number of hydrogen-bond donors (Lipinski definition) is 0. The Morgan fingerprint density at radius 3 is 0.966 bits per heavy atom. The number of aromatic nitrogens is 2. The summed E-state index contributed by atoms with van der Waals surface area (Å²) in [6.07, 6.45) is -49.6. The van der Waals surface area contributed by atoms with Crippen LogP contribution in [0.1, 0.15) is 60.6 Å². The summed E-state index contributed by atoms with van der Waals surface area (Å²) in [4.78, 5) is 17.2. The third kappa shape index (κ3) is 14.2. The average Bonchev–Trinajstić information content (AvgIpc) is 0.771. The summed E-state index contributed by atoms with van der Waals surface area (Å²) in [6, 6.07) is 19.2. The van der Waals surface area contributed by atoms with Gasteiger partial charge in [-0.05, 0) is 41.1 Å². The first kappa shape index (κ1) is 64.2. The summed E-state index contributed by atoms with van der Waals surface area (Å²) in [5, 5.41) is 3.86. The van der Waals surface area contributed by atoms with E-state index in [1.54, 1.807) is 12.4 Å². The van der Waals surface area contributed by atoms with Crippen molar-refractivity contribution in [3.8, 4) is 5.75 Å². The van der Waals surface area contributed by atoms with Crippen LogP contribution < -0.4 is 31.2 Å². The molecule has 8 aromatic carbocycles. The van der Waals surface area contributed by atoms with Crippen molar-refractivity contribution in [2.45, 2.75) is 56.0 Å². The van der Waals surface area contributed by atoms with E-state index in [0.717, 1.165) is 27.1 Å². The van der Waals surface area contributed by atoms with E-state index in [-0.39, 0.29) is 5.69 Å². The minimum atomic E-state index is -6.13. The van der Waals surface area contributed by atoms with E-state index in [2.05, 4.69) is 11.1 Å². The lowest BCUT2D eigenvalue weighted by Gasteiger charge is -2.46. The molecule has 1 heterocycles. The predicted octanol–water partition coefficient (Wildman–Crippen LogP) is 16.2. The number of rotatable bonds is 8. The second kappa shape index (κ2) is 22.8. The van der Waals surface area contributed by atoms with Gasteiger partial charge in [0.1, 0.15) is 11.9 Å². The van der Waals surface area contributed by atoms with Crippen molar-refractivity contribution < 1.29 is 119 Å². The molecule has 0 bridgehead atoms. The lowest BCUT2D eigenvalue weighted by Crippen LogP contribution is -2.75. The monoisotopic (exact) mass is 1250 g/mol. The van der Waals surface area contributed by atoms with Crippen LogP contribution in [0, 0.1) is 0 Å². The number of ether oxygens (including phenoxy) is 1. The van der Waals surface area contributed by atoms with Gasteiger partial charge in [0.15, 0.2) is 12.7 Å². The molecule has 0 saturated carbocycles. The van der Waals surface area contributed by atoms with Gasteiger partial charge in [-0.15, -0.1) is 0 Å². The third-order valence-electron chi connectivity index (χ3n) is 13.5. The normalized spacial score (nSPS) is 13.1. The summed E-state index contributed by atoms with van der Waals surface area (Å²) < 4.78 is 349. The van der Waals surface area contributed by atoms with Gasteiger partial charge in [-0.25, -0.2) is 9.78 Å². The highest BCUT2D eigenvalue weighted by molar-refractivity contribution is 7.20. The second-order valence-electron chi connectivity index (χ2n) is 19.4. The van der Waals surface area contributed by atoms with Gasteiger partial charge in [-0.2, -0.15) is 132 Å². The standard InChI is InChI=1S/C32H12BF24.C26H19N2O2/c34-25(35,36)13-1-14(26(37,38)39)6-21(5-13)33(22-7-15(27(40,41)42)2-16(8-22)28(43,44)45,23-9-17(29(46,47)48)3-18(10-23)30(49,50)51)24-11-19(31(52,53)54)4-20(12-24)32(55,56)57;29-26(24-18-28(15-14-27-24)17-19-8-2-1-3-9-19)30-25-22-12-6-4-10-20(22)16-21-11-5-7-13-23(21)25/h1-12H;1-16,18H,17H2/q-1;+1. The Labute approximate surface area is 472 Å². The number of fused-ring (bicyclic) bond motifs is 2. The van der Waals surface area contributed by atoms with Crippen LogP contribution in [-0.4, -0.2) is 17.1 Å². The van der Waals surface area contributed by atoms with Gasteiger partial charge in [0, 0.05) is 16.3 Å². The molecule has 0 fully saturated rings. The van der Waals surface area contributed by atoms with E-state index in [0.29, 0.717) is 12.3 Å². The number of hydrogen-bond acceptors (Lipinski definition) is 3. The quantitative estimate of drug-likeness (QED) is 0.0380. The van der Waals surface area contributed by atoms with Crippen LogP contribution in [0.4, 0.5) is 105 Å². The van der Waals surface area contributed by atoms with Gasteiger partial charge in [0.25, 0.3) is 0 Å². The van der Waals surface area contributed by atoms with Crippen LogP contribution in [-0.2, 0) is 56.0 Å². The van der Waals surface area contributed by atoms with Crippen molar-refractivity contribution in [1.29, 1.82) is 0 Å². The van der Waals surface area contributed by atoms with Crippen LogP contribution in [0.15, 0.2) is 176 Å². The van der Waals surface area contributed by atoms with Crippen LogP contribution >= 0.6 is 0 Å². The SMILES string of the molecule is FC(F)(F)c1cc([B-](c2cc(C(F)(F)F)cc(C(F)(F)F)c2)(c2cc(C(F)(F)F)cc(C(F)(F)F)c2)c2cc(C(F)(F)F)cc(C(F)(F)F)c2)cc(C(F)(F)F)c1.O=C(Oc1c2ccccc2cc2ccccc12)c1c[n+](Cc2ccccc2)ccn1. The van der Waals surface area contributed by atoms with Crippen molar-refractivity contribution >= 4 is 55.5 Å². The van der Waals surface area contributed by atoms with Gasteiger partial charge in [0.2, 0.25) is 11.9 Å². The molecule has 9 rings (SSSR count). The van der Waals surface area contributed by atoms with Crippen LogP contribution in [0.2, 0.25) is 0 Å². The number of carbonyl (C=O) groups excluding carboxylic acids is 1. The highest BCUT2D eigenvalue weighted by Gasteiger charge is 2.47. The van der Waals surface area contributed by atoms with Gasteiger partial charge in [0.05, 0.1) is 50.7 Å². The molecule has 0 aliphatic heterocycles. The Morgan fingerprint density at radius 2 is 0.667 bits per heavy atom. The van der Waals surface area contributed by atoms with E-state index in [1.165, 1.54) is 0 Å². The maximum atomic E-state index is 14.2. The maximum absolute atomic E-state index is 14.2. The zero-order chi connectivity index (χ0) is 64.3. The Bertz CT molecular complexity index is 3540. The Morgan fingerprint density at radius 1 is 0.379 bits per heavy atom. The van der Waals surface area contributed by atoms with Crippen molar-refractivity contribution in [1.82, 2.24) is 4.98 Å². The molecular formula is C58H31BF24N2O2. The summed E-state index contributed by atoms with van der Waals surface area (Å²) >= 11 is 0. The van der Waals surface area contributed by atoms with E-state index >= 15 is 0 Å². The molecule has 0 unspecified atom stereocenters. The highest BCUT2D eigenvalue weighted by Crippen LogP contribution is 2.42. The second-order valence-corrected chi connectivity index (χ2v) is 19.4. The number of benzene rings is 8. The Kier molecular flexibility index (Phi) is 16.8. The first-order valence-corrected chi connectivity index (χ1v) is 24.4. The van der Waals surface area contributed by atoms with Crippen LogP contribution in [0.25, 0.3) is 21.5 Å². The molecule has 4 nitrogen and oxygen atoms in total. The van der Waals surface area contributed by atoms with Gasteiger partial charge in [-0.3, -0.25) is 0 Å². The molecule has 456 valence electrons. The minimum absolute atomic E-state index is 0.269. The van der Waals surface area contributed by atoms with E-state index in [9.17, 15) is 110 Å². The van der Waals surface area contributed by atoms with Crippen LogP contribution in [0.3, 0.4) is 0 Å². The maximum Gasteiger partial charge on any atom is 0.416 e. The largest absolute Gasteiger partial charge is 0.420 e. The number of nitrogens with zero attached hydrogens (tertiary/aromatic N) is 2. The average molecular weight is 1250 g/mol. The van der Waals surface area contributed by atoms with E-state index < -0.39 is 201 Å². The van der Waals surface area contributed by atoms with Crippen molar-refractivity contribution in [3.63, 3.8) is 0 Å². The Hall–Kier alpha value is -8.79. The number of esters is 1. The van der Waals surface area contributed by atoms with Crippen molar-refractivity contribution in [2.75, 3.05) is 0 Å². The van der Waals surface area contributed by atoms with E-state index in [4.69, 9.17) is 4.74 Å². The molecule has 0 aliphatic carbocycles. The van der Waals surface area contributed by atoms with Crippen molar-refractivity contribution in [3.05, 3.63) is 232 Å². The molecule has 87 heavy (non-hydrogen) atoms. The first-order chi connectivity index (χ1) is 40.0. The molecule has 0 amide bonds. The highest BCUT2D eigenvalue weighted by atomic mass is 19.4. The molecule has 0 N–H and O–H groups in total. The molecular weight excluding hydrogens is 1220 g/mol. The Balaban J connectivity index is 0.000000271. The molecule has 0 spiro atoms. The molecule has 0 aliphatic rings. The van der Waals surface area contributed by atoms with Crippen molar-refractivity contribution in [2.24, 2.45) is 0 Å². The lowest BCUT2D eigenvalue weighted by atomic mass is 9.12. The third-order valence-corrected chi connectivity index (χ3v) is 13.5. The topological polar surface area (TPSA) is 43.1 Å². The summed E-state index contributed by atoms with van der Waals surface area (Å²) in [6.45, 7) is 0.654. The summed E-state index contributed by atoms with van der Waals surface area (Å²) in [5.74, 6) is 0.0906. The molecule has 0 radical (unpaired) electrons. The molecule has 0 saturated heterocycles. The molecule has 9 aromatic rings. The first-order valence-electron chi connectivity index (χ1n) is 24.4. The lowest BCUT2D eigenvalue weighted by molar-refractivity contribution is -0.689. The predicted molar refractivity (Wildman–Crippen MR) is 266 cm³/mol. The fourth-order valence-corrected chi connectivity index (χ4v) is 9.73.